The fourth-order valence-corrected chi connectivity index (χ4v) is 2.53. The number of halogens is 2. The fourth-order valence-electron chi connectivity index (χ4n) is 2.26. The summed E-state index contributed by atoms with van der Waals surface area (Å²) < 4.78 is 13.9. The fraction of sp³-hybridized carbons (Fsp3) is 0.333. The SMILES string of the molecule is CCC(C)(C)c1ccc(C(O)c2c(F)cccc2Cl)cc1. The zero-order chi connectivity index (χ0) is 15.6. The van der Waals surface area contributed by atoms with E-state index in [1.54, 1.807) is 6.07 Å². The van der Waals surface area contributed by atoms with Crippen molar-refractivity contribution in [3.8, 4) is 0 Å². The highest BCUT2D eigenvalue weighted by Crippen LogP contribution is 2.32. The Labute approximate surface area is 130 Å². The van der Waals surface area contributed by atoms with Gasteiger partial charge in [-0.1, -0.05) is 62.7 Å². The van der Waals surface area contributed by atoms with Gasteiger partial charge in [-0.25, -0.2) is 4.39 Å². The number of aliphatic hydroxyl groups is 1. The third-order valence-electron chi connectivity index (χ3n) is 4.16. The Hall–Kier alpha value is -1.38. The highest BCUT2D eigenvalue weighted by atomic mass is 35.5. The third kappa shape index (κ3) is 3.28. The van der Waals surface area contributed by atoms with Crippen LogP contribution in [0.3, 0.4) is 0 Å². The van der Waals surface area contributed by atoms with Crippen molar-refractivity contribution >= 4 is 11.6 Å². The maximum atomic E-state index is 13.9. The van der Waals surface area contributed by atoms with E-state index in [-0.39, 0.29) is 16.0 Å². The first-order valence-electron chi connectivity index (χ1n) is 7.09. The molecule has 1 atom stereocenters. The van der Waals surface area contributed by atoms with Crippen molar-refractivity contribution in [3.05, 3.63) is 70.0 Å². The molecule has 0 aromatic heterocycles. The van der Waals surface area contributed by atoms with Crippen molar-refractivity contribution < 1.29 is 9.50 Å². The molecule has 1 nitrogen and oxygen atoms in total. The average molecular weight is 307 g/mol. The molecular weight excluding hydrogens is 287 g/mol. The third-order valence-corrected chi connectivity index (χ3v) is 4.49. The summed E-state index contributed by atoms with van der Waals surface area (Å²) in [6, 6.07) is 12.0. The molecule has 0 radical (unpaired) electrons. The van der Waals surface area contributed by atoms with Gasteiger partial charge in [0.25, 0.3) is 0 Å². The van der Waals surface area contributed by atoms with Crippen molar-refractivity contribution in [1.29, 1.82) is 0 Å². The molecule has 0 heterocycles. The number of hydrogen-bond acceptors (Lipinski definition) is 1. The molecular formula is C18H20ClFO. The van der Waals surface area contributed by atoms with Crippen molar-refractivity contribution in [3.63, 3.8) is 0 Å². The van der Waals surface area contributed by atoms with E-state index < -0.39 is 11.9 Å². The molecule has 0 spiro atoms. The van der Waals surface area contributed by atoms with Gasteiger partial charge < -0.3 is 5.11 Å². The van der Waals surface area contributed by atoms with E-state index in [9.17, 15) is 9.50 Å². The maximum absolute atomic E-state index is 13.9. The molecule has 0 fully saturated rings. The van der Waals surface area contributed by atoms with Crippen LogP contribution >= 0.6 is 11.6 Å². The molecule has 1 N–H and O–H groups in total. The van der Waals surface area contributed by atoms with Crippen LogP contribution in [0.15, 0.2) is 42.5 Å². The standard InChI is InChI=1S/C18H20ClFO/c1-4-18(2,3)13-10-8-12(9-11-13)17(21)16-14(19)6-5-7-15(16)20/h5-11,17,21H,4H2,1-3H3. The number of rotatable bonds is 4. The minimum atomic E-state index is -1.06. The highest BCUT2D eigenvalue weighted by molar-refractivity contribution is 6.31. The smallest absolute Gasteiger partial charge is 0.130 e. The van der Waals surface area contributed by atoms with Gasteiger partial charge >= 0.3 is 0 Å². The first kappa shape index (κ1) is 16.0. The quantitative estimate of drug-likeness (QED) is 0.818. The summed E-state index contributed by atoms with van der Waals surface area (Å²) in [4.78, 5) is 0. The minimum absolute atomic E-state index is 0.0825. The predicted molar refractivity (Wildman–Crippen MR) is 85.2 cm³/mol. The second kappa shape index (κ2) is 6.17. The maximum Gasteiger partial charge on any atom is 0.130 e. The molecule has 0 saturated carbocycles. The van der Waals surface area contributed by atoms with Crippen molar-refractivity contribution in [2.75, 3.05) is 0 Å². The summed E-state index contributed by atoms with van der Waals surface area (Å²) in [5.41, 5.74) is 2.04. The van der Waals surface area contributed by atoms with E-state index in [1.165, 1.54) is 17.7 Å². The molecule has 0 aliphatic carbocycles. The lowest BCUT2D eigenvalue weighted by molar-refractivity contribution is 0.215. The first-order valence-corrected chi connectivity index (χ1v) is 7.47. The van der Waals surface area contributed by atoms with Gasteiger partial charge in [-0.3, -0.25) is 0 Å². The molecule has 2 rings (SSSR count). The van der Waals surface area contributed by atoms with Gasteiger partial charge in [-0.2, -0.15) is 0 Å². The summed E-state index contributed by atoms with van der Waals surface area (Å²) in [5, 5.41) is 10.6. The van der Waals surface area contributed by atoms with E-state index in [0.717, 1.165) is 6.42 Å². The van der Waals surface area contributed by atoms with Crippen LogP contribution in [-0.4, -0.2) is 5.11 Å². The van der Waals surface area contributed by atoms with Crippen molar-refractivity contribution in [1.82, 2.24) is 0 Å². The van der Waals surface area contributed by atoms with Crippen LogP contribution in [0.1, 0.15) is 50.0 Å². The largest absolute Gasteiger partial charge is 0.383 e. The number of hydrogen-bond donors (Lipinski definition) is 1. The number of aliphatic hydroxyl groups excluding tert-OH is 1. The molecule has 0 bridgehead atoms. The van der Waals surface area contributed by atoms with Gasteiger partial charge in [-0.15, -0.1) is 0 Å². The first-order chi connectivity index (χ1) is 9.86. The zero-order valence-corrected chi connectivity index (χ0v) is 13.3. The monoisotopic (exact) mass is 306 g/mol. The molecule has 1 unspecified atom stereocenters. The Morgan fingerprint density at radius 2 is 1.76 bits per heavy atom. The predicted octanol–water partition coefficient (Wildman–Crippen LogP) is 5.25. The van der Waals surface area contributed by atoms with Crippen LogP contribution in [0.4, 0.5) is 4.39 Å². The molecule has 0 amide bonds. The normalized spacial score (nSPS) is 13.2. The van der Waals surface area contributed by atoms with Gasteiger partial charge in [0.2, 0.25) is 0 Å². The Bertz CT molecular complexity index is 599. The van der Waals surface area contributed by atoms with E-state index in [4.69, 9.17) is 11.6 Å². The summed E-state index contributed by atoms with van der Waals surface area (Å²) >= 11 is 6.00. The summed E-state index contributed by atoms with van der Waals surface area (Å²) in [7, 11) is 0. The minimum Gasteiger partial charge on any atom is -0.383 e. The molecule has 0 saturated heterocycles. The molecule has 2 aromatic carbocycles. The molecule has 3 heteroatoms. The average Bonchev–Trinajstić information content (AvgIpc) is 2.47. The van der Waals surface area contributed by atoms with Gasteiger partial charge in [-0.05, 0) is 35.1 Å². The topological polar surface area (TPSA) is 20.2 Å². The Kier molecular flexibility index (Phi) is 4.70. The van der Waals surface area contributed by atoms with Gasteiger partial charge in [0.15, 0.2) is 0 Å². The van der Waals surface area contributed by atoms with Crippen LogP contribution < -0.4 is 0 Å². The summed E-state index contributed by atoms with van der Waals surface area (Å²) in [6.45, 7) is 6.49. The van der Waals surface area contributed by atoms with Gasteiger partial charge in [0.1, 0.15) is 11.9 Å². The van der Waals surface area contributed by atoms with Crippen LogP contribution in [0.2, 0.25) is 5.02 Å². The second-order valence-corrected chi connectivity index (χ2v) is 6.30. The summed E-state index contributed by atoms with van der Waals surface area (Å²) in [5.74, 6) is -0.493. The summed E-state index contributed by atoms with van der Waals surface area (Å²) in [6.07, 6.45) is -0.0360. The molecule has 0 aliphatic rings. The lowest BCUT2D eigenvalue weighted by atomic mass is 9.81. The Balaban J connectivity index is 2.35. The van der Waals surface area contributed by atoms with Crippen molar-refractivity contribution in [2.24, 2.45) is 0 Å². The van der Waals surface area contributed by atoms with Crippen LogP contribution in [0, 0.1) is 5.82 Å². The molecule has 0 aliphatic heterocycles. The number of benzene rings is 2. The molecule has 112 valence electrons. The zero-order valence-electron chi connectivity index (χ0n) is 12.5. The lowest BCUT2D eigenvalue weighted by Gasteiger charge is -2.24. The van der Waals surface area contributed by atoms with Crippen LogP contribution in [0.25, 0.3) is 0 Å². The van der Waals surface area contributed by atoms with Crippen LogP contribution in [0.5, 0.6) is 0 Å². The Morgan fingerprint density at radius 1 is 1.14 bits per heavy atom. The van der Waals surface area contributed by atoms with E-state index in [0.29, 0.717) is 5.56 Å². The van der Waals surface area contributed by atoms with Crippen molar-refractivity contribution in [2.45, 2.75) is 38.7 Å². The van der Waals surface area contributed by atoms with Gasteiger partial charge in [0.05, 0.1) is 0 Å². The highest BCUT2D eigenvalue weighted by Gasteiger charge is 2.21. The Morgan fingerprint density at radius 3 is 2.29 bits per heavy atom. The second-order valence-electron chi connectivity index (χ2n) is 5.90. The van der Waals surface area contributed by atoms with E-state index in [1.807, 2.05) is 24.3 Å². The molecule has 21 heavy (non-hydrogen) atoms. The van der Waals surface area contributed by atoms with Crippen LogP contribution in [-0.2, 0) is 5.41 Å². The van der Waals surface area contributed by atoms with Gasteiger partial charge in [0, 0.05) is 10.6 Å². The lowest BCUT2D eigenvalue weighted by Crippen LogP contribution is -2.15. The molecule has 2 aromatic rings. The van der Waals surface area contributed by atoms with E-state index in [2.05, 4.69) is 20.8 Å². The van der Waals surface area contributed by atoms with E-state index >= 15 is 0 Å².